The highest BCUT2D eigenvalue weighted by Crippen LogP contribution is 2.29. The Balaban J connectivity index is 1.31. The standard InChI is InChI=1S/C24H21F3N4O2/c25-16-5-7-17(8-6-16)31-21-3-1-2-18(21)22(28-31)24(33)30-12-10-29(11-13-30)23(32)15-4-9-19(26)20(27)14-15/h4-9,14H,1-3,10-13H2. The van der Waals surface area contributed by atoms with Crippen molar-refractivity contribution in [3.63, 3.8) is 0 Å². The Morgan fingerprint density at radius 2 is 1.45 bits per heavy atom. The number of hydrogen-bond donors (Lipinski definition) is 0. The molecular weight excluding hydrogens is 433 g/mol. The normalized spacial score (nSPS) is 15.6. The molecule has 2 aromatic carbocycles. The minimum absolute atomic E-state index is 0.0736. The highest BCUT2D eigenvalue weighted by atomic mass is 19.2. The molecule has 1 fully saturated rings. The van der Waals surface area contributed by atoms with Gasteiger partial charge in [-0.05, 0) is 61.7 Å². The van der Waals surface area contributed by atoms with Crippen molar-refractivity contribution in [2.75, 3.05) is 26.2 Å². The Morgan fingerprint density at radius 3 is 2.12 bits per heavy atom. The molecule has 0 atom stereocenters. The van der Waals surface area contributed by atoms with Crippen LogP contribution in [0.2, 0.25) is 0 Å². The number of carbonyl (C=O) groups excluding carboxylic acids is 2. The van der Waals surface area contributed by atoms with Crippen LogP contribution < -0.4 is 0 Å². The van der Waals surface area contributed by atoms with Gasteiger partial charge in [-0.2, -0.15) is 5.10 Å². The van der Waals surface area contributed by atoms with Gasteiger partial charge in [0.05, 0.1) is 5.69 Å². The van der Waals surface area contributed by atoms with Crippen LogP contribution >= 0.6 is 0 Å². The molecule has 6 nitrogen and oxygen atoms in total. The van der Waals surface area contributed by atoms with E-state index in [1.807, 2.05) is 0 Å². The Bertz CT molecular complexity index is 1230. The van der Waals surface area contributed by atoms with E-state index < -0.39 is 17.5 Å². The van der Waals surface area contributed by atoms with Gasteiger partial charge in [-0.15, -0.1) is 0 Å². The van der Waals surface area contributed by atoms with Crippen LogP contribution in [0.25, 0.3) is 5.69 Å². The summed E-state index contributed by atoms with van der Waals surface area (Å²) >= 11 is 0. The summed E-state index contributed by atoms with van der Waals surface area (Å²) < 4.78 is 41.7. The number of hydrogen-bond acceptors (Lipinski definition) is 3. The molecule has 1 aromatic heterocycles. The van der Waals surface area contributed by atoms with Crippen LogP contribution in [-0.4, -0.2) is 57.6 Å². The lowest BCUT2D eigenvalue weighted by atomic mass is 10.1. The smallest absolute Gasteiger partial charge is 0.274 e. The number of fused-ring (bicyclic) bond motifs is 1. The number of rotatable bonds is 3. The van der Waals surface area contributed by atoms with Gasteiger partial charge in [0.25, 0.3) is 11.8 Å². The molecule has 2 heterocycles. The van der Waals surface area contributed by atoms with Gasteiger partial charge in [-0.1, -0.05) is 0 Å². The van der Waals surface area contributed by atoms with Crippen molar-refractivity contribution >= 4 is 11.8 Å². The van der Waals surface area contributed by atoms with Gasteiger partial charge in [-0.3, -0.25) is 9.59 Å². The molecule has 0 bridgehead atoms. The molecule has 0 N–H and O–H groups in total. The van der Waals surface area contributed by atoms with E-state index in [2.05, 4.69) is 5.10 Å². The Labute approximate surface area is 188 Å². The predicted octanol–water partition coefficient (Wildman–Crippen LogP) is 3.38. The molecule has 9 heteroatoms. The lowest BCUT2D eigenvalue weighted by molar-refractivity contribution is 0.0531. The predicted molar refractivity (Wildman–Crippen MR) is 114 cm³/mol. The van der Waals surface area contributed by atoms with E-state index >= 15 is 0 Å². The summed E-state index contributed by atoms with van der Waals surface area (Å²) in [5.41, 5.74) is 3.06. The van der Waals surface area contributed by atoms with E-state index in [4.69, 9.17) is 0 Å². The molecule has 170 valence electrons. The fraction of sp³-hybridized carbons (Fsp3) is 0.292. The van der Waals surface area contributed by atoms with Crippen molar-refractivity contribution in [1.29, 1.82) is 0 Å². The maximum absolute atomic E-state index is 13.5. The van der Waals surface area contributed by atoms with Crippen LogP contribution in [0.5, 0.6) is 0 Å². The summed E-state index contributed by atoms with van der Waals surface area (Å²) in [6, 6.07) is 9.08. The largest absolute Gasteiger partial charge is 0.335 e. The zero-order valence-electron chi connectivity index (χ0n) is 17.7. The molecule has 0 spiro atoms. The SMILES string of the molecule is O=C(c1ccc(F)c(F)c1)N1CCN(C(=O)c2nn(-c3ccc(F)cc3)c3c2CCC3)CC1. The number of halogens is 3. The number of piperazine rings is 1. The lowest BCUT2D eigenvalue weighted by Gasteiger charge is -2.34. The van der Waals surface area contributed by atoms with Crippen molar-refractivity contribution in [3.05, 3.63) is 82.4 Å². The van der Waals surface area contributed by atoms with Crippen LogP contribution in [0, 0.1) is 17.5 Å². The van der Waals surface area contributed by atoms with Crippen molar-refractivity contribution < 1.29 is 22.8 Å². The summed E-state index contributed by atoms with van der Waals surface area (Å²) in [5.74, 6) is -3.01. The van der Waals surface area contributed by atoms with Crippen molar-refractivity contribution in [2.45, 2.75) is 19.3 Å². The van der Waals surface area contributed by atoms with Crippen LogP contribution in [0.1, 0.15) is 38.5 Å². The second-order valence-electron chi connectivity index (χ2n) is 8.23. The van der Waals surface area contributed by atoms with Gasteiger partial charge in [0.1, 0.15) is 5.82 Å². The van der Waals surface area contributed by atoms with Crippen molar-refractivity contribution in [3.8, 4) is 5.69 Å². The summed E-state index contributed by atoms with van der Waals surface area (Å²) in [4.78, 5) is 29.1. The van der Waals surface area contributed by atoms with Gasteiger partial charge >= 0.3 is 0 Å². The van der Waals surface area contributed by atoms with Crippen LogP contribution in [0.4, 0.5) is 13.2 Å². The third-order valence-corrected chi connectivity index (χ3v) is 6.22. The second kappa shape index (κ2) is 8.38. The molecule has 3 aromatic rings. The maximum Gasteiger partial charge on any atom is 0.274 e. The lowest BCUT2D eigenvalue weighted by Crippen LogP contribution is -2.50. The minimum atomic E-state index is -1.07. The van der Waals surface area contributed by atoms with E-state index in [1.165, 1.54) is 23.1 Å². The molecular formula is C24H21F3N4O2. The van der Waals surface area contributed by atoms with E-state index in [-0.39, 0.29) is 30.4 Å². The minimum Gasteiger partial charge on any atom is -0.335 e. The van der Waals surface area contributed by atoms with Gasteiger partial charge in [0.2, 0.25) is 0 Å². The number of nitrogens with zero attached hydrogens (tertiary/aromatic N) is 4. The summed E-state index contributed by atoms with van der Waals surface area (Å²) in [6.45, 7) is 1.19. The van der Waals surface area contributed by atoms with E-state index in [1.54, 1.807) is 21.7 Å². The average Bonchev–Trinajstić information content (AvgIpc) is 3.44. The molecule has 2 amide bonds. The first-order chi connectivity index (χ1) is 15.9. The van der Waals surface area contributed by atoms with E-state index in [0.29, 0.717) is 24.5 Å². The fourth-order valence-corrected chi connectivity index (χ4v) is 4.48. The number of carbonyl (C=O) groups is 2. The first kappa shape index (κ1) is 21.2. The van der Waals surface area contributed by atoms with Crippen LogP contribution in [-0.2, 0) is 12.8 Å². The molecule has 5 rings (SSSR count). The van der Waals surface area contributed by atoms with Crippen molar-refractivity contribution in [2.24, 2.45) is 0 Å². The first-order valence-corrected chi connectivity index (χ1v) is 10.8. The molecule has 1 aliphatic carbocycles. The van der Waals surface area contributed by atoms with Gasteiger partial charge in [0.15, 0.2) is 17.3 Å². The molecule has 0 radical (unpaired) electrons. The summed E-state index contributed by atoms with van der Waals surface area (Å²) in [6.07, 6.45) is 2.47. The third-order valence-electron chi connectivity index (χ3n) is 6.22. The highest BCUT2D eigenvalue weighted by molar-refractivity contribution is 5.96. The quantitative estimate of drug-likeness (QED) is 0.610. The zero-order valence-corrected chi connectivity index (χ0v) is 17.7. The molecule has 1 aliphatic heterocycles. The van der Waals surface area contributed by atoms with Crippen LogP contribution in [0.15, 0.2) is 42.5 Å². The zero-order chi connectivity index (χ0) is 23.1. The molecule has 0 saturated carbocycles. The molecule has 2 aliphatic rings. The van der Waals surface area contributed by atoms with E-state index in [9.17, 15) is 22.8 Å². The Kier molecular flexibility index (Phi) is 5.39. The highest BCUT2D eigenvalue weighted by Gasteiger charge is 2.32. The number of amides is 2. The first-order valence-electron chi connectivity index (χ1n) is 10.8. The van der Waals surface area contributed by atoms with Crippen molar-refractivity contribution in [1.82, 2.24) is 19.6 Å². The maximum atomic E-state index is 13.5. The van der Waals surface area contributed by atoms with Gasteiger partial charge < -0.3 is 9.80 Å². The molecule has 33 heavy (non-hydrogen) atoms. The topological polar surface area (TPSA) is 58.4 Å². The molecule has 1 saturated heterocycles. The Morgan fingerprint density at radius 1 is 0.788 bits per heavy atom. The number of aromatic nitrogens is 2. The fourth-order valence-electron chi connectivity index (χ4n) is 4.48. The van der Waals surface area contributed by atoms with Gasteiger partial charge in [0, 0.05) is 43.0 Å². The second-order valence-corrected chi connectivity index (χ2v) is 8.23. The average molecular weight is 454 g/mol. The molecule has 0 unspecified atom stereocenters. The monoisotopic (exact) mass is 454 g/mol. The number of benzene rings is 2. The van der Waals surface area contributed by atoms with Crippen LogP contribution in [0.3, 0.4) is 0 Å². The summed E-state index contributed by atoms with van der Waals surface area (Å²) in [7, 11) is 0. The van der Waals surface area contributed by atoms with E-state index in [0.717, 1.165) is 42.7 Å². The summed E-state index contributed by atoms with van der Waals surface area (Å²) in [5, 5.41) is 4.57. The van der Waals surface area contributed by atoms with Gasteiger partial charge in [-0.25, -0.2) is 17.9 Å². The Hall–Kier alpha value is -3.62. The third kappa shape index (κ3) is 3.88.